The van der Waals surface area contributed by atoms with Crippen LogP contribution in [0.2, 0.25) is 0 Å². The molecule has 0 aliphatic carbocycles. The number of hydrogen-bond acceptors (Lipinski definition) is 4. The molecule has 3 nitrogen and oxygen atoms in total. The van der Waals surface area contributed by atoms with Gasteiger partial charge in [0.05, 0.1) is 11.3 Å². The number of aryl methyl sites for hydroxylation is 1. The van der Waals surface area contributed by atoms with Crippen molar-refractivity contribution in [3.63, 3.8) is 0 Å². The van der Waals surface area contributed by atoms with Crippen molar-refractivity contribution in [1.29, 1.82) is 0 Å². The first kappa shape index (κ1) is 19.6. The van der Waals surface area contributed by atoms with Crippen LogP contribution < -0.4 is 4.74 Å². The molecule has 3 aromatic carbocycles. The molecule has 4 rings (SSSR count). The molecule has 0 saturated heterocycles. The Labute approximate surface area is 179 Å². The third kappa shape index (κ3) is 4.64. The number of esters is 1. The van der Waals surface area contributed by atoms with Crippen molar-refractivity contribution in [1.82, 2.24) is 0 Å². The predicted octanol–water partition coefficient (Wildman–Crippen LogP) is 6.71. The number of rotatable bonds is 5. The van der Waals surface area contributed by atoms with Gasteiger partial charge in [0.15, 0.2) is 0 Å². The number of thiophene rings is 1. The summed E-state index contributed by atoms with van der Waals surface area (Å²) in [6.45, 7) is 1.99. The summed E-state index contributed by atoms with van der Waals surface area (Å²) in [7, 11) is 0. The highest BCUT2D eigenvalue weighted by Gasteiger charge is 2.15. The highest BCUT2D eigenvalue weighted by molar-refractivity contribution is 7.12. The molecule has 30 heavy (non-hydrogen) atoms. The molecule has 4 heteroatoms. The Morgan fingerprint density at radius 3 is 2.03 bits per heavy atom. The van der Waals surface area contributed by atoms with Crippen molar-refractivity contribution >= 4 is 34.4 Å². The fraction of sp³-hybridized carbons (Fsp3) is 0.0385. The van der Waals surface area contributed by atoms with E-state index in [9.17, 15) is 4.79 Å². The second kappa shape index (κ2) is 9.19. The monoisotopic (exact) mass is 409 g/mol. The summed E-state index contributed by atoms with van der Waals surface area (Å²) in [6.07, 6.45) is 0. The summed E-state index contributed by atoms with van der Waals surface area (Å²) in [5, 5.41) is 1.83. The molecule has 0 aliphatic rings. The van der Waals surface area contributed by atoms with Crippen LogP contribution in [0.25, 0.3) is 5.57 Å². The Balaban J connectivity index is 1.68. The maximum absolute atomic E-state index is 12.7. The minimum absolute atomic E-state index is 0.421. The number of nitrogens with zero attached hydrogens (tertiary/aromatic N) is 1. The van der Waals surface area contributed by atoms with Gasteiger partial charge >= 0.3 is 5.97 Å². The average molecular weight is 410 g/mol. The van der Waals surface area contributed by atoms with Gasteiger partial charge in [0, 0.05) is 0 Å². The molecule has 0 spiro atoms. The van der Waals surface area contributed by atoms with Crippen LogP contribution in [0.5, 0.6) is 5.75 Å². The highest BCUT2D eigenvalue weighted by atomic mass is 32.1. The van der Waals surface area contributed by atoms with Crippen LogP contribution >= 0.6 is 11.3 Å². The average Bonchev–Trinajstić information content (AvgIpc) is 3.26. The summed E-state index contributed by atoms with van der Waals surface area (Å²) in [4.78, 5) is 17.6. The molecule has 0 amide bonds. The van der Waals surface area contributed by atoms with Gasteiger partial charge in [-0.2, -0.15) is 0 Å². The molecule has 1 heterocycles. The summed E-state index contributed by atoms with van der Waals surface area (Å²) in [6, 6.07) is 29.1. The van der Waals surface area contributed by atoms with Crippen molar-refractivity contribution in [2.24, 2.45) is 4.99 Å². The lowest BCUT2D eigenvalue weighted by Crippen LogP contribution is -2.06. The van der Waals surface area contributed by atoms with Crippen molar-refractivity contribution in [2.45, 2.75) is 6.92 Å². The van der Waals surface area contributed by atoms with Gasteiger partial charge < -0.3 is 4.74 Å². The van der Waals surface area contributed by atoms with E-state index in [0.717, 1.165) is 22.3 Å². The van der Waals surface area contributed by atoms with Crippen LogP contribution in [0.4, 0.5) is 5.69 Å². The van der Waals surface area contributed by atoms with E-state index in [2.05, 4.69) is 10.9 Å². The maximum atomic E-state index is 12.7. The van der Waals surface area contributed by atoms with E-state index in [4.69, 9.17) is 4.74 Å². The second-order valence-electron chi connectivity index (χ2n) is 6.67. The van der Waals surface area contributed by atoms with Gasteiger partial charge in [-0.25, -0.2) is 9.79 Å². The highest BCUT2D eigenvalue weighted by Crippen LogP contribution is 2.28. The third-order valence-electron chi connectivity index (χ3n) is 4.47. The summed E-state index contributed by atoms with van der Waals surface area (Å²) in [5.41, 5.74) is 4.52. The van der Waals surface area contributed by atoms with Gasteiger partial charge in [0.2, 0.25) is 0 Å². The molecule has 0 atom stereocenters. The molecular weight excluding hydrogens is 390 g/mol. The summed E-state index contributed by atoms with van der Waals surface area (Å²) < 4.78 is 5.51. The van der Waals surface area contributed by atoms with Gasteiger partial charge in [-0.3, -0.25) is 0 Å². The van der Waals surface area contributed by atoms with E-state index in [-0.39, 0.29) is 0 Å². The van der Waals surface area contributed by atoms with Crippen molar-refractivity contribution in [2.75, 3.05) is 0 Å². The first-order valence-electron chi connectivity index (χ1n) is 9.51. The lowest BCUT2D eigenvalue weighted by molar-refractivity contribution is 0.0740. The molecular formula is C26H19NO2S. The van der Waals surface area contributed by atoms with Crippen LogP contribution in [-0.4, -0.2) is 11.8 Å². The lowest BCUT2D eigenvalue weighted by Gasteiger charge is -2.05. The first-order chi connectivity index (χ1) is 14.7. The van der Waals surface area contributed by atoms with E-state index in [1.807, 2.05) is 85.1 Å². The second-order valence-corrected chi connectivity index (χ2v) is 7.58. The molecule has 0 unspecified atom stereocenters. The van der Waals surface area contributed by atoms with Crippen LogP contribution in [0.3, 0.4) is 0 Å². The van der Waals surface area contributed by atoms with Crippen LogP contribution in [0, 0.1) is 6.92 Å². The SMILES string of the molecule is Cc1ccc(OC(=O)c2sccc2N=C=C(c2ccccc2)c2ccccc2)cc1. The lowest BCUT2D eigenvalue weighted by atomic mass is 9.99. The quantitative estimate of drug-likeness (QED) is 0.209. The van der Waals surface area contributed by atoms with Crippen LogP contribution in [0.15, 0.2) is 101 Å². The standard InChI is InChI=1S/C26H19NO2S/c1-19-12-14-22(15-13-19)29-26(28)25-24(16-17-30-25)27-18-23(20-8-4-2-5-9-20)21-10-6-3-7-11-21/h2-17H,1H3. The number of aliphatic imine (C=N–C) groups is 1. The number of ether oxygens (including phenoxy) is 1. The van der Waals surface area contributed by atoms with E-state index >= 15 is 0 Å². The van der Waals surface area contributed by atoms with Gasteiger partial charge in [-0.15, -0.1) is 11.3 Å². The maximum Gasteiger partial charge on any atom is 0.355 e. The van der Waals surface area contributed by atoms with Gasteiger partial charge in [0.1, 0.15) is 10.6 Å². The fourth-order valence-corrected chi connectivity index (χ4v) is 3.63. The van der Waals surface area contributed by atoms with Gasteiger partial charge in [-0.1, -0.05) is 78.4 Å². The fourth-order valence-electron chi connectivity index (χ4n) is 2.92. The smallest absolute Gasteiger partial charge is 0.355 e. The van der Waals surface area contributed by atoms with Gasteiger partial charge in [-0.05, 0) is 47.5 Å². The van der Waals surface area contributed by atoms with Gasteiger partial charge in [0.25, 0.3) is 0 Å². The Morgan fingerprint density at radius 1 is 0.833 bits per heavy atom. The summed E-state index contributed by atoms with van der Waals surface area (Å²) >= 11 is 1.31. The molecule has 1 aromatic heterocycles. The Bertz CT molecular complexity index is 1160. The number of benzene rings is 3. The number of hydrogen-bond donors (Lipinski definition) is 0. The van der Waals surface area contributed by atoms with E-state index in [1.165, 1.54) is 11.3 Å². The Hall–Kier alpha value is -3.72. The zero-order chi connectivity index (χ0) is 20.8. The zero-order valence-corrected chi connectivity index (χ0v) is 17.2. The van der Waals surface area contributed by atoms with E-state index in [0.29, 0.717) is 16.3 Å². The van der Waals surface area contributed by atoms with E-state index in [1.54, 1.807) is 18.2 Å². The molecule has 146 valence electrons. The molecule has 0 saturated carbocycles. The first-order valence-corrected chi connectivity index (χ1v) is 10.4. The minimum atomic E-state index is -0.421. The largest absolute Gasteiger partial charge is 0.422 e. The summed E-state index contributed by atoms with van der Waals surface area (Å²) in [5.74, 6) is 3.25. The van der Waals surface area contributed by atoms with Crippen molar-refractivity contribution in [3.8, 4) is 5.75 Å². The normalized spacial score (nSPS) is 10.2. The molecule has 0 radical (unpaired) electrons. The van der Waals surface area contributed by atoms with Crippen molar-refractivity contribution in [3.05, 3.63) is 118 Å². The molecule has 0 aliphatic heterocycles. The van der Waals surface area contributed by atoms with Crippen LogP contribution in [0.1, 0.15) is 26.4 Å². The minimum Gasteiger partial charge on any atom is -0.422 e. The molecule has 4 aromatic rings. The molecule has 0 bridgehead atoms. The van der Waals surface area contributed by atoms with Crippen molar-refractivity contribution < 1.29 is 9.53 Å². The number of carbonyl (C=O) groups excluding carboxylic acids is 1. The number of carbonyl (C=O) groups is 1. The Morgan fingerprint density at radius 2 is 1.43 bits per heavy atom. The van der Waals surface area contributed by atoms with Crippen LogP contribution in [-0.2, 0) is 0 Å². The molecule has 0 fully saturated rings. The Kier molecular flexibility index (Phi) is 6.00. The predicted molar refractivity (Wildman–Crippen MR) is 123 cm³/mol. The zero-order valence-electron chi connectivity index (χ0n) is 16.4. The third-order valence-corrected chi connectivity index (χ3v) is 5.36. The van der Waals surface area contributed by atoms with E-state index < -0.39 is 5.97 Å². The topological polar surface area (TPSA) is 38.7 Å². The molecule has 0 N–H and O–H groups in total.